The molecule has 2 aromatic heterocycles. The molecule has 0 aliphatic carbocycles. The van der Waals surface area contributed by atoms with E-state index in [2.05, 4.69) is 9.97 Å². The van der Waals surface area contributed by atoms with Crippen molar-refractivity contribution in [3.8, 4) is 0 Å². The second-order valence-electron chi connectivity index (χ2n) is 6.20. The van der Waals surface area contributed by atoms with Crippen LogP contribution in [0.5, 0.6) is 0 Å². The number of carbonyl (C=O) groups is 2. The van der Waals surface area contributed by atoms with E-state index in [4.69, 9.17) is 28.3 Å². The lowest BCUT2D eigenvalue weighted by molar-refractivity contribution is 0.0701. The highest BCUT2D eigenvalue weighted by atomic mass is 35.5. The zero-order valence-corrected chi connectivity index (χ0v) is 16.1. The maximum Gasteiger partial charge on any atom is 0.347 e. The van der Waals surface area contributed by atoms with Gasteiger partial charge in [-0.3, -0.25) is 4.79 Å². The molecular weight excluding hydrogens is 404 g/mol. The van der Waals surface area contributed by atoms with Gasteiger partial charge in [0.15, 0.2) is 10.9 Å². The number of aromatic nitrogens is 2. The predicted molar refractivity (Wildman–Crippen MR) is 98.8 cm³/mol. The summed E-state index contributed by atoms with van der Waals surface area (Å²) in [6, 6.07) is 0. The van der Waals surface area contributed by atoms with Gasteiger partial charge in [0, 0.05) is 24.6 Å². The number of halogens is 3. The Bertz CT molecular complexity index is 854. The number of nitrogens with one attached hydrogen (secondary N) is 1. The summed E-state index contributed by atoms with van der Waals surface area (Å²) < 4.78 is 14.6. The molecule has 2 N–H and O–H groups in total. The number of carboxylic acid groups (broad SMARTS) is 1. The van der Waals surface area contributed by atoms with Crippen LogP contribution in [0.15, 0.2) is 6.20 Å². The number of rotatable bonds is 5. The molecule has 1 fully saturated rings. The number of aromatic carboxylic acids is 1. The van der Waals surface area contributed by atoms with Crippen LogP contribution in [0, 0.1) is 12.8 Å². The van der Waals surface area contributed by atoms with Crippen molar-refractivity contribution in [3.63, 3.8) is 0 Å². The third kappa shape index (κ3) is 3.72. The van der Waals surface area contributed by atoms with Crippen LogP contribution in [0.2, 0.25) is 10.0 Å². The van der Waals surface area contributed by atoms with Crippen LogP contribution in [0.4, 0.5) is 9.52 Å². The lowest BCUT2D eigenvalue weighted by Gasteiger charge is -2.34. The Balaban J connectivity index is 1.64. The highest BCUT2D eigenvalue weighted by Crippen LogP contribution is 2.33. The Kier molecular flexibility index (Phi) is 5.55. The molecule has 26 heavy (non-hydrogen) atoms. The molecule has 0 amide bonds. The van der Waals surface area contributed by atoms with Crippen LogP contribution < -0.4 is 4.90 Å². The molecule has 1 saturated heterocycles. The topological polar surface area (TPSA) is 86.3 Å². The van der Waals surface area contributed by atoms with E-state index in [0.29, 0.717) is 28.8 Å². The third-order valence-electron chi connectivity index (χ3n) is 4.43. The number of thiazole rings is 1. The lowest BCUT2D eigenvalue weighted by atomic mass is 9.89. The van der Waals surface area contributed by atoms with Gasteiger partial charge in [0.05, 0.1) is 22.8 Å². The van der Waals surface area contributed by atoms with Crippen molar-refractivity contribution in [1.29, 1.82) is 0 Å². The highest BCUT2D eigenvalue weighted by molar-refractivity contribution is 7.17. The van der Waals surface area contributed by atoms with Crippen LogP contribution in [-0.2, 0) is 0 Å². The summed E-state index contributed by atoms with van der Waals surface area (Å²) in [5.74, 6) is -1.76. The van der Waals surface area contributed by atoms with Crippen molar-refractivity contribution in [3.05, 3.63) is 32.5 Å². The Labute approximate surface area is 162 Å². The van der Waals surface area contributed by atoms with E-state index in [1.54, 1.807) is 11.8 Å². The number of Topliss-reactive ketones (excluding diaryl/α,β-unsaturated/α-hetero) is 1. The Morgan fingerprint density at radius 1 is 1.46 bits per heavy atom. The fourth-order valence-electron chi connectivity index (χ4n) is 2.97. The number of aryl methyl sites for hydroxylation is 1. The molecule has 140 valence electrons. The molecule has 1 aliphatic heterocycles. The number of alkyl halides is 1. The average Bonchev–Trinajstić information content (AvgIpc) is 3.18. The van der Waals surface area contributed by atoms with Gasteiger partial charge in [-0.25, -0.2) is 14.2 Å². The lowest BCUT2D eigenvalue weighted by Crippen LogP contribution is -2.42. The van der Waals surface area contributed by atoms with Crippen molar-refractivity contribution in [2.45, 2.75) is 25.9 Å². The van der Waals surface area contributed by atoms with Gasteiger partial charge in [-0.2, -0.15) is 0 Å². The molecule has 2 aromatic rings. The molecule has 0 radical (unpaired) electrons. The first-order chi connectivity index (χ1) is 12.3. The first-order valence-corrected chi connectivity index (χ1v) is 9.50. The molecule has 1 aliphatic rings. The molecule has 0 aromatic carbocycles. The summed E-state index contributed by atoms with van der Waals surface area (Å²) in [5.41, 5.74) is 0.819. The Morgan fingerprint density at radius 2 is 2.19 bits per heavy atom. The average molecular weight is 420 g/mol. The molecule has 10 heteroatoms. The standard InChI is InChI=1S/C16H16Cl2FN3O3S/c1-7-12(17)13(18)14(21-7)10(23)4-8-2-3-22(6-9(8)19)16-20-5-11(26-16)15(24)25/h5,8-9,21H,2-4,6H2,1H3,(H,24,25). The maximum atomic E-state index is 14.6. The van der Waals surface area contributed by atoms with E-state index in [-0.39, 0.29) is 34.3 Å². The van der Waals surface area contributed by atoms with Crippen molar-refractivity contribution in [1.82, 2.24) is 9.97 Å². The van der Waals surface area contributed by atoms with Gasteiger partial charge in [-0.1, -0.05) is 34.5 Å². The van der Waals surface area contributed by atoms with Gasteiger partial charge in [-0.05, 0) is 13.3 Å². The van der Waals surface area contributed by atoms with Gasteiger partial charge in [0.2, 0.25) is 0 Å². The Hall–Kier alpha value is -1.64. The van der Waals surface area contributed by atoms with Crippen LogP contribution in [0.3, 0.4) is 0 Å². The number of hydrogen-bond donors (Lipinski definition) is 2. The number of ketones is 1. The van der Waals surface area contributed by atoms with Gasteiger partial charge in [0.1, 0.15) is 16.7 Å². The van der Waals surface area contributed by atoms with E-state index >= 15 is 0 Å². The summed E-state index contributed by atoms with van der Waals surface area (Å²) in [7, 11) is 0. The minimum Gasteiger partial charge on any atom is -0.477 e. The number of anilines is 1. The van der Waals surface area contributed by atoms with E-state index < -0.39 is 18.1 Å². The maximum absolute atomic E-state index is 14.6. The molecule has 6 nitrogen and oxygen atoms in total. The third-order valence-corrected chi connectivity index (χ3v) is 6.42. The number of piperidine rings is 1. The van der Waals surface area contributed by atoms with Crippen molar-refractivity contribution >= 4 is 51.4 Å². The van der Waals surface area contributed by atoms with Crippen LogP contribution in [0.1, 0.15) is 38.7 Å². The molecule has 3 heterocycles. The normalized spacial score (nSPS) is 20.4. The van der Waals surface area contributed by atoms with Gasteiger partial charge >= 0.3 is 5.97 Å². The van der Waals surface area contributed by atoms with E-state index in [1.165, 1.54) is 6.20 Å². The highest BCUT2D eigenvalue weighted by Gasteiger charge is 2.33. The quantitative estimate of drug-likeness (QED) is 0.708. The number of nitrogens with zero attached hydrogens (tertiary/aromatic N) is 2. The predicted octanol–water partition coefficient (Wildman–Crippen LogP) is 4.22. The van der Waals surface area contributed by atoms with Crippen LogP contribution in [-0.4, -0.2) is 46.1 Å². The van der Waals surface area contributed by atoms with Crippen molar-refractivity contribution in [2.75, 3.05) is 18.0 Å². The zero-order valence-electron chi connectivity index (χ0n) is 13.8. The van der Waals surface area contributed by atoms with Gasteiger partial charge < -0.3 is 15.0 Å². The molecule has 3 rings (SSSR count). The fraction of sp³-hybridized carbons (Fsp3) is 0.438. The van der Waals surface area contributed by atoms with E-state index in [0.717, 1.165) is 11.3 Å². The molecule has 0 saturated carbocycles. The zero-order chi connectivity index (χ0) is 19.0. The SMILES string of the molecule is Cc1[nH]c(C(=O)CC2CCN(c3ncc(C(=O)O)s3)CC2F)c(Cl)c1Cl. The molecule has 0 bridgehead atoms. The molecule has 2 atom stereocenters. The largest absolute Gasteiger partial charge is 0.477 e. The first kappa shape index (κ1) is 19.1. The summed E-state index contributed by atoms with van der Waals surface area (Å²) >= 11 is 13.0. The smallest absolute Gasteiger partial charge is 0.347 e. The second kappa shape index (κ2) is 7.54. The minimum atomic E-state index is -1.23. The van der Waals surface area contributed by atoms with E-state index in [9.17, 15) is 14.0 Å². The second-order valence-corrected chi connectivity index (χ2v) is 7.97. The van der Waals surface area contributed by atoms with E-state index in [1.807, 2.05) is 0 Å². The summed E-state index contributed by atoms with van der Waals surface area (Å²) in [6.45, 7) is 2.28. The van der Waals surface area contributed by atoms with Gasteiger partial charge in [0.25, 0.3) is 0 Å². The summed E-state index contributed by atoms with van der Waals surface area (Å²) in [4.78, 5) is 32.1. The Morgan fingerprint density at radius 3 is 2.73 bits per heavy atom. The number of carboxylic acids is 1. The molecular formula is C16H16Cl2FN3O3S. The first-order valence-electron chi connectivity index (χ1n) is 7.92. The fourth-order valence-corrected chi connectivity index (χ4v) is 4.20. The van der Waals surface area contributed by atoms with Gasteiger partial charge in [-0.15, -0.1) is 0 Å². The molecule has 0 spiro atoms. The molecule has 2 unspecified atom stereocenters. The number of carbonyl (C=O) groups excluding carboxylic acids is 1. The van der Waals surface area contributed by atoms with Crippen molar-refractivity contribution < 1.29 is 19.1 Å². The monoisotopic (exact) mass is 419 g/mol. The van der Waals surface area contributed by atoms with Crippen LogP contribution >= 0.6 is 34.5 Å². The number of H-pyrrole nitrogens is 1. The van der Waals surface area contributed by atoms with Crippen LogP contribution in [0.25, 0.3) is 0 Å². The summed E-state index contributed by atoms with van der Waals surface area (Å²) in [5, 5.41) is 9.91. The minimum absolute atomic E-state index is 0.0310. The summed E-state index contributed by atoms with van der Waals surface area (Å²) in [6.07, 6.45) is 0.531. The number of hydrogen-bond acceptors (Lipinski definition) is 5. The van der Waals surface area contributed by atoms with Crippen molar-refractivity contribution in [2.24, 2.45) is 5.92 Å². The number of aromatic amines is 1.